The van der Waals surface area contributed by atoms with Crippen LogP contribution in [0.3, 0.4) is 0 Å². The molecule has 3 aromatic rings. The highest BCUT2D eigenvalue weighted by Gasteiger charge is 2.09. The highest BCUT2D eigenvalue weighted by molar-refractivity contribution is 7.17. The maximum absolute atomic E-state index is 11.6. The molecule has 1 aromatic carbocycles. The molecule has 0 bridgehead atoms. The first-order valence-corrected chi connectivity index (χ1v) is 5.93. The Kier molecular flexibility index (Phi) is 2.19. The smallest absolute Gasteiger partial charge is 0.305 e. The molecule has 3 rings (SSSR count). The largest absolute Gasteiger partial charge is 0.326 e. The summed E-state index contributed by atoms with van der Waals surface area (Å²) in [6, 6.07) is 9.66. The molecule has 0 aliphatic carbocycles. The minimum Gasteiger partial charge on any atom is -0.305 e. The zero-order chi connectivity index (χ0) is 11.8. The minimum absolute atomic E-state index is 0.337. The van der Waals surface area contributed by atoms with Crippen LogP contribution in [0.15, 0.2) is 45.3 Å². The number of hydrogen-bond acceptors (Lipinski definition) is 3. The summed E-state index contributed by atoms with van der Waals surface area (Å²) >= 11 is 1.33. The number of benzene rings is 1. The first kappa shape index (κ1) is 10.0. The third-order valence-electron chi connectivity index (χ3n) is 2.55. The molecule has 0 spiro atoms. The van der Waals surface area contributed by atoms with Crippen LogP contribution in [-0.2, 0) is 0 Å². The monoisotopic (exact) mass is 244 g/mol. The van der Waals surface area contributed by atoms with Gasteiger partial charge in [0.1, 0.15) is 4.70 Å². The highest BCUT2D eigenvalue weighted by Crippen LogP contribution is 2.29. The molecule has 0 radical (unpaired) electrons. The number of H-pyrrole nitrogens is 2. The number of thiophene rings is 1. The van der Waals surface area contributed by atoms with Crippen LogP contribution in [0, 0.1) is 0 Å². The van der Waals surface area contributed by atoms with Gasteiger partial charge in [0, 0.05) is 10.9 Å². The Morgan fingerprint density at radius 3 is 2.53 bits per heavy atom. The van der Waals surface area contributed by atoms with Crippen LogP contribution in [-0.4, -0.2) is 9.97 Å². The minimum atomic E-state index is -0.474. The van der Waals surface area contributed by atoms with Crippen LogP contribution < -0.4 is 11.2 Å². The second-order valence-electron chi connectivity index (χ2n) is 3.63. The van der Waals surface area contributed by atoms with E-state index in [1.807, 2.05) is 35.7 Å². The van der Waals surface area contributed by atoms with Crippen molar-refractivity contribution in [3.8, 4) is 11.1 Å². The number of fused-ring (bicyclic) bond motifs is 1. The van der Waals surface area contributed by atoms with E-state index in [4.69, 9.17) is 0 Å². The summed E-state index contributed by atoms with van der Waals surface area (Å²) in [5, 5.41) is 1.88. The predicted molar refractivity (Wildman–Crippen MR) is 68.5 cm³/mol. The van der Waals surface area contributed by atoms with Gasteiger partial charge >= 0.3 is 5.69 Å². The molecule has 0 amide bonds. The first-order valence-electron chi connectivity index (χ1n) is 5.05. The normalized spacial score (nSPS) is 10.8. The van der Waals surface area contributed by atoms with Crippen molar-refractivity contribution in [1.82, 2.24) is 9.97 Å². The lowest BCUT2D eigenvalue weighted by atomic mass is 10.1. The number of hydrogen-bond donors (Lipinski definition) is 2. The Bertz CT molecular complexity index is 783. The van der Waals surface area contributed by atoms with Gasteiger partial charge in [-0.2, -0.15) is 0 Å². The van der Waals surface area contributed by atoms with E-state index < -0.39 is 5.69 Å². The molecule has 0 aliphatic heterocycles. The third-order valence-corrected chi connectivity index (χ3v) is 3.53. The van der Waals surface area contributed by atoms with Crippen molar-refractivity contribution in [1.29, 1.82) is 0 Å². The Morgan fingerprint density at radius 2 is 1.76 bits per heavy atom. The molecule has 0 unspecified atom stereocenters. The maximum Gasteiger partial charge on any atom is 0.326 e. The summed E-state index contributed by atoms with van der Waals surface area (Å²) in [6.07, 6.45) is 0. The van der Waals surface area contributed by atoms with Crippen molar-refractivity contribution in [3.63, 3.8) is 0 Å². The number of rotatable bonds is 1. The van der Waals surface area contributed by atoms with Gasteiger partial charge in [-0.15, -0.1) is 11.3 Å². The van der Waals surface area contributed by atoms with E-state index in [0.29, 0.717) is 10.2 Å². The molecular weight excluding hydrogens is 236 g/mol. The van der Waals surface area contributed by atoms with Gasteiger partial charge in [-0.3, -0.25) is 9.78 Å². The predicted octanol–water partition coefficient (Wildman–Crippen LogP) is 1.94. The van der Waals surface area contributed by atoms with Crippen molar-refractivity contribution < 1.29 is 0 Å². The fraction of sp³-hybridized carbons (Fsp3) is 0. The van der Waals surface area contributed by atoms with Gasteiger partial charge in [0.15, 0.2) is 0 Å². The van der Waals surface area contributed by atoms with E-state index in [-0.39, 0.29) is 5.56 Å². The van der Waals surface area contributed by atoms with E-state index in [0.717, 1.165) is 11.1 Å². The Labute approximate surface area is 99.6 Å². The summed E-state index contributed by atoms with van der Waals surface area (Å²) < 4.78 is 0.545. The average Bonchev–Trinajstić information content (AvgIpc) is 2.74. The molecule has 84 valence electrons. The molecule has 0 atom stereocenters. The van der Waals surface area contributed by atoms with Crippen molar-refractivity contribution in [3.05, 3.63) is 56.5 Å². The summed E-state index contributed by atoms with van der Waals surface area (Å²) in [5.41, 5.74) is 1.66. The van der Waals surface area contributed by atoms with Crippen LogP contribution >= 0.6 is 11.3 Å². The number of aromatic amines is 2. The van der Waals surface area contributed by atoms with E-state index in [1.54, 1.807) is 0 Å². The standard InChI is InChI=1S/C12H8N2O2S/c15-11-10-9(13-12(16)14-11)8(6-17-10)7-4-2-1-3-5-7/h1-6H,(H2,13,14,15,16). The SMILES string of the molecule is O=c1[nH]c(=O)c2scc(-c3ccccc3)c2[nH]1. The number of aromatic nitrogens is 2. The van der Waals surface area contributed by atoms with E-state index in [2.05, 4.69) is 9.97 Å². The van der Waals surface area contributed by atoms with Gasteiger partial charge in [0.2, 0.25) is 0 Å². The lowest BCUT2D eigenvalue weighted by Gasteiger charge is -1.98. The molecule has 0 fully saturated rings. The van der Waals surface area contributed by atoms with E-state index in [1.165, 1.54) is 11.3 Å². The summed E-state index contributed by atoms with van der Waals surface area (Å²) in [5.74, 6) is 0. The van der Waals surface area contributed by atoms with Gasteiger partial charge in [-0.1, -0.05) is 30.3 Å². The van der Waals surface area contributed by atoms with Crippen LogP contribution in [0.2, 0.25) is 0 Å². The Morgan fingerprint density at radius 1 is 1.00 bits per heavy atom. The second-order valence-corrected chi connectivity index (χ2v) is 4.51. The second kappa shape index (κ2) is 3.71. The first-order chi connectivity index (χ1) is 8.25. The zero-order valence-electron chi connectivity index (χ0n) is 8.69. The summed E-state index contributed by atoms with van der Waals surface area (Å²) in [4.78, 5) is 27.8. The lowest BCUT2D eigenvalue weighted by molar-refractivity contribution is 1.09. The zero-order valence-corrected chi connectivity index (χ0v) is 9.51. The van der Waals surface area contributed by atoms with Crippen LogP contribution in [0.5, 0.6) is 0 Å². The highest BCUT2D eigenvalue weighted by atomic mass is 32.1. The molecule has 17 heavy (non-hydrogen) atoms. The molecule has 0 saturated carbocycles. The van der Waals surface area contributed by atoms with Gasteiger partial charge in [0.25, 0.3) is 5.56 Å². The Hall–Kier alpha value is -2.14. The lowest BCUT2D eigenvalue weighted by Crippen LogP contribution is -2.20. The van der Waals surface area contributed by atoms with E-state index >= 15 is 0 Å². The topological polar surface area (TPSA) is 65.7 Å². The third kappa shape index (κ3) is 1.60. The van der Waals surface area contributed by atoms with Crippen LogP contribution in [0.25, 0.3) is 21.3 Å². The molecule has 0 saturated heterocycles. The van der Waals surface area contributed by atoms with Crippen LogP contribution in [0.1, 0.15) is 0 Å². The molecule has 2 aromatic heterocycles. The molecule has 4 nitrogen and oxygen atoms in total. The van der Waals surface area contributed by atoms with Gasteiger partial charge in [0.05, 0.1) is 5.52 Å². The van der Waals surface area contributed by atoms with Crippen molar-refractivity contribution in [2.24, 2.45) is 0 Å². The van der Waals surface area contributed by atoms with Gasteiger partial charge < -0.3 is 4.98 Å². The quantitative estimate of drug-likeness (QED) is 0.687. The van der Waals surface area contributed by atoms with E-state index in [9.17, 15) is 9.59 Å². The molecule has 2 N–H and O–H groups in total. The molecule has 5 heteroatoms. The molecular formula is C12H8N2O2S. The fourth-order valence-corrected chi connectivity index (χ4v) is 2.71. The molecule has 0 aliphatic rings. The maximum atomic E-state index is 11.6. The van der Waals surface area contributed by atoms with Crippen molar-refractivity contribution in [2.45, 2.75) is 0 Å². The summed E-state index contributed by atoms with van der Waals surface area (Å²) in [6.45, 7) is 0. The van der Waals surface area contributed by atoms with Crippen molar-refractivity contribution in [2.75, 3.05) is 0 Å². The van der Waals surface area contributed by atoms with Crippen LogP contribution in [0.4, 0.5) is 0 Å². The molecule has 2 heterocycles. The summed E-state index contributed by atoms with van der Waals surface area (Å²) in [7, 11) is 0. The van der Waals surface area contributed by atoms with Gasteiger partial charge in [-0.05, 0) is 5.56 Å². The fourth-order valence-electron chi connectivity index (χ4n) is 1.78. The number of nitrogens with one attached hydrogen (secondary N) is 2. The van der Waals surface area contributed by atoms with Crippen molar-refractivity contribution >= 4 is 21.6 Å². The van der Waals surface area contributed by atoms with Gasteiger partial charge in [-0.25, -0.2) is 4.79 Å². The Balaban J connectivity index is 2.40. The average molecular weight is 244 g/mol.